The highest BCUT2D eigenvalue weighted by atomic mass is 16.3. The molecule has 1 aromatic carbocycles. The summed E-state index contributed by atoms with van der Waals surface area (Å²) in [4.78, 5) is 2.39. The lowest BCUT2D eigenvalue weighted by Crippen LogP contribution is -2.43. The third-order valence-electron chi connectivity index (χ3n) is 3.30. The molecule has 0 bridgehead atoms. The van der Waals surface area contributed by atoms with Gasteiger partial charge in [0.2, 0.25) is 0 Å². The molecule has 1 fully saturated rings. The van der Waals surface area contributed by atoms with Gasteiger partial charge in [0.15, 0.2) is 0 Å². The Morgan fingerprint density at radius 1 is 1.24 bits per heavy atom. The molecule has 1 aliphatic heterocycles. The molecule has 0 aromatic heterocycles. The first-order valence-corrected chi connectivity index (χ1v) is 6.24. The van der Waals surface area contributed by atoms with Crippen molar-refractivity contribution in [2.75, 3.05) is 36.9 Å². The fourth-order valence-corrected chi connectivity index (χ4v) is 2.30. The van der Waals surface area contributed by atoms with Crippen molar-refractivity contribution in [2.45, 2.75) is 18.9 Å². The van der Waals surface area contributed by atoms with Crippen molar-refractivity contribution in [3.05, 3.63) is 24.3 Å². The van der Waals surface area contributed by atoms with Crippen LogP contribution in [0.25, 0.3) is 0 Å². The molecular formula is C13H21N3O. The van der Waals surface area contributed by atoms with Crippen LogP contribution in [0.1, 0.15) is 12.8 Å². The molecule has 1 heterocycles. The molecule has 1 aliphatic rings. The van der Waals surface area contributed by atoms with Gasteiger partial charge in [-0.2, -0.15) is 0 Å². The van der Waals surface area contributed by atoms with Crippen LogP contribution in [0.3, 0.4) is 0 Å². The minimum atomic E-state index is 0.220. The summed E-state index contributed by atoms with van der Waals surface area (Å²) < 4.78 is 0. The summed E-state index contributed by atoms with van der Waals surface area (Å²) in [5.74, 6) is 0. The van der Waals surface area contributed by atoms with Gasteiger partial charge in [-0.15, -0.1) is 0 Å². The van der Waals surface area contributed by atoms with Gasteiger partial charge >= 0.3 is 0 Å². The first-order valence-electron chi connectivity index (χ1n) is 6.24. The van der Waals surface area contributed by atoms with Crippen molar-refractivity contribution in [3.63, 3.8) is 0 Å². The second kappa shape index (κ2) is 5.89. The molecule has 0 saturated carbocycles. The normalized spacial score (nSPS) is 17.4. The Hall–Kier alpha value is -1.26. The fourth-order valence-electron chi connectivity index (χ4n) is 2.30. The fraction of sp³-hybridized carbons (Fsp3) is 0.538. The molecule has 4 N–H and O–H groups in total. The molecule has 0 unspecified atom stereocenters. The molecule has 1 aromatic rings. The number of hydrogen-bond acceptors (Lipinski definition) is 4. The maximum absolute atomic E-state index is 8.77. The van der Waals surface area contributed by atoms with E-state index >= 15 is 0 Å². The van der Waals surface area contributed by atoms with Crippen LogP contribution >= 0.6 is 0 Å². The number of hydrogen-bond donors (Lipinski definition) is 3. The SMILES string of the molecule is Nc1ccc(N2CCC(NCCO)CC2)cc1. The third-order valence-corrected chi connectivity index (χ3v) is 3.30. The van der Waals surface area contributed by atoms with Crippen molar-refractivity contribution < 1.29 is 5.11 Å². The van der Waals surface area contributed by atoms with Crippen LogP contribution in [0.5, 0.6) is 0 Å². The van der Waals surface area contributed by atoms with E-state index in [1.807, 2.05) is 12.1 Å². The lowest BCUT2D eigenvalue weighted by Gasteiger charge is -2.34. The minimum Gasteiger partial charge on any atom is -0.399 e. The molecule has 2 rings (SSSR count). The maximum atomic E-state index is 8.77. The zero-order valence-corrected chi connectivity index (χ0v) is 10.1. The van der Waals surface area contributed by atoms with Gasteiger partial charge in [-0.3, -0.25) is 0 Å². The van der Waals surface area contributed by atoms with Crippen molar-refractivity contribution in [1.29, 1.82) is 0 Å². The number of aliphatic hydroxyl groups excluding tert-OH is 1. The zero-order chi connectivity index (χ0) is 12.1. The molecule has 17 heavy (non-hydrogen) atoms. The van der Waals surface area contributed by atoms with Crippen LogP contribution in [0.2, 0.25) is 0 Å². The van der Waals surface area contributed by atoms with E-state index in [1.54, 1.807) is 0 Å². The summed E-state index contributed by atoms with van der Waals surface area (Å²) in [7, 11) is 0. The first kappa shape index (κ1) is 12.2. The molecule has 0 atom stereocenters. The third kappa shape index (κ3) is 3.35. The molecule has 4 nitrogen and oxygen atoms in total. The van der Waals surface area contributed by atoms with E-state index in [4.69, 9.17) is 10.8 Å². The Balaban J connectivity index is 1.84. The monoisotopic (exact) mass is 235 g/mol. The smallest absolute Gasteiger partial charge is 0.0556 e. The summed E-state index contributed by atoms with van der Waals surface area (Å²) in [6.07, 6.45) is 2.26. The summed E-state index contributed by atoms with van der Waals surface area (Å²) in [5, 5.41) is 12.1. The molecule has 4 heteroatoms. The second-order valence-corrected chi connectivity index (χ2v) is 4.53. The van der Waals surface area contributed by atoms with Crippen LogP contribution in [-0.4, -0.2) is 37.4 Å². The molecule has 94 valence electrons. The molecule has 0 spiro atoms. The summed E-state index contributed by atoms with van der Waals surface area (Å²) in [6.45, 7) is 3.05. The van der Waals surface area contributed by atoms with Crippen LogP contribution in [0, 0.1) is 0 Å². The number of benzene rings is 1. The Morgan fingerprint density at radius 3 is 2.47 bits per heavy atom. The quantitative estimate of drug-likeness (QED) is 0.676. The predicted molar refractivity (Wildman–Crippen MR) is 71.2 cm³/mol. The number of anilines is 2. The topological polar surface area (TPSA) is 61.5 Å². The van der Waals surface area contributed by atoms with Gasteiger partial charge in [0.1, 0.15) is 0 Å². The largest absolute Gasteiger partial charge is 0.399 e. The van der Waals surface area contributed by atoms with Gasteiger partial charge in [0, 0.05) is 37.1 Å². The van der Waals surface area contributed by atoms with Crippen molar-refractivity contribution in [3.8, 4) is 0 Å². The Morgan fingerprint density at radius 2 is 1.88 bits per heavy atom. The van der Waals surface area contributed by atoms with E-state index in [9.17, 15) is 0 Å². The van der Waals surface area contributed by atoms with Gasteiger partial charge in [0.25, 0.3) is 0 Å². The average Bonchev–Trinajstić information content (AvgIpc) is 2.38. The lowest BCUT2D eigenvalue weighted by molar-refractivity contribution is 0.277. The first-order chi connectivity index (χ1) is 8.29. The van der Waals surface area contributed by atoms with Crippen molar-refractivity contribution >= 4 is 11.4 Å². The standard InChI is InChI=1S/C13H21N3O/c14-11-1-3-13(4-2-11)16-8-5-12(6-9-16)15-7-10-17/h1-4,12,15,17H,5-10,14H2. The van der Waals surface area contributed by atoms with Gasteiger partial charge in [0.05, 0.1) is 6.61 Å². The van der Waals surface area contributed by atoms with Crippen molar-refractivity contribution in [2.24, 2.45) is 0 Å². The van der Waals surface area contributed by atoms with Crippen LogP contribution in [0.4, 0.5) is 11.4 Å². The Bertz CT molecular complexity index is 331. The number of rotatable bonds is 4. The Kier molecular flexibility index (Phi) is 4.23. The molecule has 1 saturated heterocycles. The maximum Gasteiger partial charge on any atom is 0.0556 e. The van der Waals surface area contributed by atoms with E-state index < -0.39 is 0 Å². The number of aliphatic hydroxyl groups is 1. The van der Waals surface area contributed by atoms with Gasteiger partial charge in [-0.25, -0.2) is 0 Å². The average molecular weight is 235 g/mol. The minimum absolute atomic E-state index is 0.220. The van der Waals surface area contributed by atoms with E-state index in [0.717, 1.165) is 31.6 Å². The zero-order valence-electron chi connectivity index (χ0n) is 10.1. The number of nitrogen functional groups attached to an aromatic ring is 1. The Labute approximate surface area is 102 Å². The highest BCUT2D eigenvalue weighted by Gasteiger charge is 2.18. The number of nitrogens with zero attached hydrogens (tertiary/aromatic N) is 1. The predicted octanol–water partition coefficient (Wildman–Crippen LogP) is 0.819. The summed E-state index contributed by atoms with van der Waals surface area (Å²) in [6, 6.07) is 8.61. The van der Waals surface area contributed by atoms with Gasteiger partial charge < -0.3 is 21.1 Å². The van der Waals surface area contributed by atoms with Gasteiger partial charge in [-0.1, -0.05) is 0 Å². The van der Waals surface area contributed by atoms with E-state index in [1.165, 1.54) is 5.69 Å². The summed E-state index contributed by atoms with van der Waals surface area (Å²) in [5.41, 5.74) is 7.74. The number of nitrogens with one attached hydrogen (secondary N) is 1. The highest BCUT2D eigenvalue weighted by Crippen LogP contribution is 2.20. The van der Waals surface area contributed by atoms with E-state index in [-0.39, 0.29) is 6.61 Å². The molecule has 0 radical (unpaired) electrons. The van der Waals surface area contributed by atoms with Crippen LogP contribution in [-0.2, 0) is 0 Å². The van der Waals surface area contributed by atoms with E-state index in [0.29, 0.717) is 12.6 Å². The summed E-state index contributed by atoms with van der Waals surface area (Å²) >= 11 is 0. The molecule has 0 aliphatic carbocycles. The number of piperidine rings is 1. The van der Waals surface area contributed by atoms with E-state index in [2.05, 4.69) is 22.3 Å². The lowest BCUT2D eigenvalue weighted by atomic mass is 10.0. The second-order valence-electron chi connectivity index (χ2n) is 4.53. The van der Waals surface area contributed by atoms with Crippen molar-refractivity contribution in [1.82, 2.24) is 5.32 Å². The van der Waals surface area contributed by atoms with Crippen LogP contribution < -0.4 is 16.0 Å². The molecule has 0 amide bonds. The molecular weight excluding hydrogens is 214 g/mol. The number of nitrogens with two attached hydrogens (primary N) is 1. The highest BCUT2D eigenvalue weighted by molar-refractivity contribution is 5.53. The van der Waals surface area contributed by atoms with Gasteiger partial charge in [-0.05, 0) is 37.1 Å². The van der Waals surface area contributed by atoms with Crippen LogP contribution in [0.15, 0.2) is 24.3 Å².